The Hall–Kier alpha value is -1.74. The largest absolute Gasteiger partial charge is 0.508 e. The lowest BCUT2D eigenvalue weighted by Gasteiger charge is -2.27. The fourth-order valence-corrected chi connectivity index (χ4v) is 3.36. The van der Waals surface area contributed by atoms with E-state index >= 15 is 0 Å². The zero-order chi connectivity index (χ0) is 14.8. The summed E-state index contributed by atoms with van der Waals surface area (Å²) in [6.45, 7) is 3.01. The van der Waals surface area contributed by atoms with Crippen LogP contribution in [0.3, 0.4) is 0 Å². The van der Waals surface area contributed by atoms with Crippen LogP contribution >= 0.6 is 0 Å². The molecule has 3 N–H and O–H groups in total. The van der Waals surface area contributed by atoms with Crippen molar-refractivity contribution in [2.75, 3.05) is 0 Å². The highest BCUT2D eigenvalue weighted by Crippen LogP contribution is 2.31. The summed E-state index contributed by atoms with van der Waals surface area (Å²) in [6.07, 6.45) is 5.08. The van der Waals surface area contributed by atoms with Gasteiger partial charge in [-0.3, -0.25) is 0 Å². The molecule has 0 saturated heterocycles. The Morgan fingerprint density at radius 3 is 2.81 bits per heavy atom. The maximum atomic E-state index is 10.4. The van der Waals surface area contributed by atoms with Crippen molar-refractivity contribution >= 4 is 10.8 Å². The minimum absolute atomic E-state index is 0.226. The van der Waals surface area contributed by atoms with Gasteiger partial charge in [0, 0.05) is 23.5 Å². The Morgan fingerprint density at radius 2 is 2.00 bits per heavy atom. The Morgan fingerprint density at radius 1 is 1.14 bits per heavy atom. The summed E-state index contributed by atoms with van der Waals surface area (Å²) in [4.78, 5) is 0. The molecule has 1 aliphatic rings. The number of rotatable bonds is 3. The van der Waals surface area contributed by atoms with Crippen molar-refractivity contribution in [3.8, 4) is 11.5 Å². The summed E-state index contributed by atoms with van der Waals surface area (Å²) < 4.78 is 0. The fraction of sp³-hybridized carbons (Fsp3) is 0.444. The molecule has 0 aromatic heterocycles. The van der Waals surface area contributed by atoms with Gasteiger partial charge in [-0.1, -0.05) is 31.9 Å². The van der Waals surface area contributed by atoms with Crippen LogP contribution in [0.4, 0.5) is 0 Å². The first-order valence-electron chi connectivity index (χ1n) is 7.80. The van der Waals surface area contributed by atoms with Gasteiger partial charge in [-0.15, -0.1) is 0 Å². The van der Waals surface area contributed by atoms with Crippen LogP contribution in [0.1, 0.15) is 38.2 Å². The predicted octanol–water partition coefficient (Wildman–Crippen LogP) is 3.92. The topological polar surface area (TPSA) is 52.5 Å². The Bertz CT molecular complexity index is 638. The van der Waals surface area contributed by atoms with Crippen LogP contribution in [0.15, 0.2) is 30.3 Å². The highest BCUT2D eigenvalue weighted by atomic mass is 16.3. The van der Waals surface area contributed by atoms with Crippen LogP contribution in [0.25, 0.3) is 10.8 Å². The summed E-state index contributed by atoms with van der Waals surface area (Å²) in [6, 6.07) is 9.51. The Balaban J connectivity index is 1.75. The van der Waals surface area contributed by atoms with E-state index in [4.69, 9.17) is 0 Å². The molecule has 0 bridgehead atoms. The molecule has 2 aromatic rings. The number of phenolic OH excluding ortho intramolecular Hbond substituents is 2. The number of nitrogens with one attached hydrogen (secondary N) is 1. The lowest BCUT2D eigenvalue weighted by atomic mass is 9.87. The van der Waals surface area contributed by atoms with Crippen LogP contribution in [0, 0.1) is 5.92 Å². The van der Waals surface area contributed by atoms with Crippen molar-refractivity contribution in [3.05, 3.63) is 35.9 Å². The fourth-order valence-electron chi connectivity index (χ4n) is 3.36. The Kier molecular flexibility index (Phi) is 4.02. The molecule has 0 radical (unpaired) electrons. The molecule has 3 rings (SSSR count). The first-order valence-corrected chi connectivity index (χ1v) is 7.80. The van der Waals surface area contributed by atoms with Gasteiger partial charge in [0.1, 0.15) is 11.5 Å². The average molecular weight is 285 g/mol. The smallest absolute Gasteiger partial charge is 0.127 e. The SMILES string of the molecule is CC1CCCC(NCc2ccc3cc(O)ccc3c2O)C1. The molecule has 112 valence electrons. The summed E-state index contributed by atoms with van der Waals surface area (Å²) in [7, 11) is 0. The zero-order valence-electron chi connectivity index (χ0n) is 12.5. The number of benzene rings is 2. The molecular formula is C18H23NO2. The normalized spacial score (nSPS) is 22.5. The van der Waals surface area contributed by atoms with E-state index in [1.807, 2.05) is 12.1 Å². The van der Waals surface area contributed by atoms with Crippen LogP contribution < -0.4 is 5.32 Å². The van der Waals surface area contributed by atoms with E-state index in [-0.39, 0.29) is 5.75 Å². The summed E-state index contributed by atoms with van der Waals surface area (Å²) in [5.41, 5.74) is 0.923. The van der Waals surface area contributed by atoms with Crippen LogP contribution in [0.2, 0.25) is 0 Å². The maximum absolute atomic E-state index is 10.4. The average Bonchev–Trinajstić information content (AvgIpc) is 2.46. The lowest BCUT2D eigenvalue weighted by molar-refractivity contribution is 0.299. The van der Waals surface area contributed by atoms with E-state index < -0.39 is 0 Å². The van der Waals surface area contributed by atoms with Crippen molar-refractivity contribution in [2.45, 2.75) is 45.2 Å². The number of hydrogen-bond acceptors (Lipinski definition) is 3. The minimum Gasteiger partial charge on any atom is -0.508 e. The second-order valence-electron chi connectivity index (χ2n) is 6.33. The standard InChI is InChI=1S/C18H23NO2/c1-12-3-2-4-15(9-12)19-11-14-6-5-13-10-16(20)7-8-17(13)18(14)21/h5-8,10,12,15,19-21H,2-4,9,11H2,1H3. The first-order chi connectivity index (χ1) is 10.1. The molecule has 0 spiro atoms. The zero-order valence-corrected chi connectivity index (χ0v) is 12.5. The molecular weight excluding hydrogens is 262 g/mol. The number of aromatic hydroxyl groups is 2. The van der Waals surface area contributed by atoms with Gasteiger partial charge >= 0.3 is 0 Å². The van der Waals surface area contributed by atoms with Crippen LogP contribution in [0.5, 0.6) is 11.5 Å². The van der Waals surface area contributed by atoms with Gasteiger partial charge in [-0.05, 0) is 42.3 Å². The Labute approximate surface area is 125 Å². The highest BCUT2D eigenvalue weighted by molar-refractivity contribution is 5.90. The van der Waals surface area contributed by atoms with E-state index in [1.54, 1.807) is 18.2 Å². The van der Waals surface area contributed by atoms with Gasteiger partial charge in [0.25, 0.3) is 0 Å². The third-order valence-electron chi connectivity index (χ3n) is 4.58. The number of hydrogen-bond donors (Lipinski definition) is 3. The molecule has 3 heteroatoms. The van der Waals surface area contributed by atoms with E-state index in [0.717, 1.165) is 22.3 Å². The van der Waals surface area contributed by atoms with Gasteiger partial charge < -0.3 is 15.5 Å². The number of fused-ring (bicyclic) bond motifs is 1. The highest BCUT2D eigenvalue weighted by Gasteiger charge is 2.18. The lowest BCUT2D eigenvalue weighted by Crippen LogP contribution is -2.33. The molecule has 1 saturated carbocycles. The minimum atomic E-state index is 0.226. The molecule has 0 aliphatic heterocycles. The molecule has 0 amide bonds. The summed E-state index contributed by atoms with van der Waals surface area (Å²) in [5, 5.41) is 25.1. The van der Waals surface area contributed by atoms with Crippen molar-refractivity contribution in [1.29, 1.82) is 0 Å². The van der Waals surface area contributed by atoms with Crippen LogP contribution in [-0.2, 0) is 6.54 Å². The quantitative estimate of drug-likeness (QED) is 0.801. The van der Waals surface area contributed by atoms with E-state index in [0.29, 0.717) is 18.3 Å². The number of phenols is 2. The van der Waals surface area contributed by atoms with Gasteiger partial charge in [0.15, 0.2) is 0 Å². The van der Waals surface area contributed by atoms with Gasteiger partial charge in [-0.2, -0.15) is 0 Å². The second-order valence-corrected chi connectivity index (χ2v) is 6.33. The molecule has 0 heterocycles. The van der Waals surface area contributed by atoms with E-state index in [2.05, 4.69) is 12.2 Å². The molecule has 21 heavy (non-hydrogen) atoms. The predicted molar refractivity (Wildman–Crippen MR) is 85.5 cm³/mol. The van der Waals surface area contributed by atoms with E-state index in [1.165, 1.54) is 25.7 Å². The van der Waals surface area contributed by atoms with Gasteiger partial charge in [0.2, 0.25) is 0 Å². The van der Waals surface area contributed by atoms with E-state index in [9.17, 15) is 10.2 Å². The van der Waals surface area contributed by atoms with Crippen molar-refractivity contribution in [3.63, 3.8) is 0 Å². The molecule has 2 aromatic carbocycles. The van der Waals surface area contributed by atoms with Gasteiger partial charge in [-0.25, -0.2) is 0 Å². The molecule has 2 unspecified atom stereocenters. The van der Waals surface area contributed by atoms with Crippen LogP contribution in [-0.4, -0.2) is 16.3 Å². The third kappa shape index (κ3) is 3.13. The summed E-state index contributed by atoms with van der Waals surface area (Å²) in [5.74, 6) is 1.34. The van der Waals surface area contributed by atoms with Crippen molar-refractivity contribution < 1.29 is 10.2 Å². The van der Waals surface area contributed by atoms with Crippen molar-refractivity contribution in [2.24, 2.45) is 5.92 Å². The monoisotopic (exact) mass is 285 g/mol. The van der Waals surface area contributed by atoms with Crippen molar-refractivity contribution in [1.82, 2.24) is 5.32 Å². The second kappa shape index (κ2) is 5.94. The van der Waals surface area contributed by atoms with Gasteiger partial charge in [0.05, 0.1) is 0 Å². The maximum Gasteiger partial charge on any atom is 0.127 e. The summed E-state index contributed by atoms with van der Waals surface area (Å²) >= 11 is 0. The molecule has 2 atom stereocenters. The first kappa shape index (κ1) is 14.2. The third-order valence-corrected chi connectivity index (χ3v) is 4.58. The molecule has 3 nitrogen and oxygen atoms in total. The molecule has 1 fully saturated rings. The molecule has 1 aliphatic carbocycles.